The number of nitrogens with one attached hydrogen (secondary N) is 1. The zero-order chi connectivity index (χ0) is 11.6. The van der Waals surface area contributed by atoms with Gasteiger partial charge >= 0.3 is 0 Å². The molecule has 0 saturated carbocycles. The first-order valence-corrected chi connectivity index (χ1v) is 7.75. The van der Waals surface area contributed by atoms with Crippen LogP contribution in [0.25, 0.3) is 0 Å². The molecule has 4 heteroatoms. The van der Waals surface area contributed by atoms with Gasteiger partial charge in [-0.3, -0.25) is 0 Å². The van der Waals surface area contributed by atoms with Crippen LogP contribution in [0, 0.1) is 0 Å². The first kappa shape index (κ1) is 14.9. The smallest absolute Gasteiger partial charge is 0.211 e. The van der Waals surface area contributed by atoms with Crippen molar-refractivity contribution < 1.29 is 8.42 Å². The normalized spacial score (nSPS) is 11.9. The van der Waals surface area contributed by atoms with Crippen molar-refractivity contribution in [2.75, 3.05) is 12.3 Å². The number of sulfonamides is 1. The Morgan fingerprint density at radius 3 is 2.07 bits per heavy atom. The summed E-state index contributed by atoms with van der Waals surface area (Å²) in [5.41, 5.74) is 0. The van der Waals surface area contributed by atoms with Crippen LogP contribution in [0.1, 0.15) is 58.8 Å². The molecular weight excluding hydrogens is 210 g/mol. The summed E-state index contributed by atoms with van der Waals surface area (Å²) < 4.78 is 25.1. The van der Waals surface area contributed by atoms with E-state index >= 15 is 0 Å². The average Bonchev–Trinajstić information content (AvgIpc) is 2.16. The lowest BCUT2D eigenvalue weighted by Gasteiger charge is -2.04. The standard InChI is InChI=1S/C11H25NO2S/c1-3-5-6-7-8-9-10-12-15(13,14)11-4-2/h12H,3-11H2,1-2H3. The van der Waals surface area contributed by atoms with Crippen molar-refractivity contribution in [1.29, 1.82) is 0 Å². The number of hydrogen-bond acceptors (Lipinski definition) is 2. The molecule has 1 N–H and O–H groups in total. The summed E-state index contributed by atoms with van der Waals surface area (Å²) in [5, 5.41) is 0. The van der Waals surface area contributed by atoms with E-state index in [2.05, 4.69) is 11.6 Å². The van der Waals surface area contributed by atoms with E-state index in [9.17, 15) is 8.42 Å². The maximum Gasteiger partial charge on any atom is 0.211 e. The van der Waals surface area contributed by atoms with Gasteiger partial charge in [0.2, 0.25) is 10.0 Å². The van der Waals surface area contributed by atoms with Crippen LogP contribution < -0.4 is 4.72 Å². The second-order valence-electron chi connectivity index (χ2n) is 3.98. The highest BCUT2D eigenvalue weighted by Gasteiger charge is 2.06. The summed E-state index contributed by atoms with van der Waals surface area (Å²) in [4.78, 5) is 0. The maximum atomic E-state index is 11.3. The zero-order valence-electron chi connectivity index (χ0n) is 10.1. The Morgan fingerprint density at radius 2 is 1.47 bits per heavy atom. The van der Waals surface area contributed by atoms with Crippen molar-refractivity contribution in [2.24, 2.45) is 0 Å². The van der Waals surface area contributed by atoms with Gasteiger partial charge in [-0.15, -0.1) is 0 Å². The first-order chi connectivity index (χ1) is 7.12. The monoisotopic (exact) mass is 235 g/mol. The van der Waals surface area contributed by atoms with E-state index < -0.39 is 10.0 Å². The van der Waals surface area contributed by atoms with E-state index in [0.29, 0.717) is 13.0 Å². The lowest BCUT2D eigenvalue weighted by Crippen LogP contribution is -2.27. The number of rotatable bonds is 10. The third kappa shape index (κ3) is 10.2. The van der Waals surface area contributed by atoms with Gasteiger partial charge in [0.25, 0.3) is 0 Å². The summed E-state index contributed by atoms with van der Waals surface area (Å²) in [6.45, 7) is 4.68. The van der Waals surface area contributed by atoms with Crippen LogP contribution in [-0.4, -0.2) is 20.7 Å². The lowest BCUT2D eigenvalue weighted by atomic mass is 10.1. The second-order valence-corrected chi connectivity index (χ2v) is 5.91. The van der Waals surface area contributed by atoms with E-state index in [4.69, 9.17) is 0 Å². The van der Waals surface area contributed by atoms with Crippen molar-refractivity contribution >= 4 is 10.0 Å². The molecule has 0 aliphatic carbocycles. The Bertz CT molecular complexity index is 225. The molecule has 0 heterocycles. The molecule has 0 bridgehead atoms. The maximum absolute atomic E-state index is 11.3. The van der Waals surface area contributed by atoms with Crippen LogP contribution in [0.2, 0.25) is 0 Å². The van der Waals surface area contributed by atoms with E-state index in [-0.39, 0.29) is 5.75 Å². The fourth-order valence-electron chi connectivity index (χ4n) is 1.47. The largest absolute Gasteiger partial charge is 0.215 e. The number of hydrogen-bond donors (Lipinski definition) is 1. The summed E-state index contributed by atoms with van der Waals surface area (Å²) in [7, 11) is -2.98. The minimum atomic E-state index is -2.98. The van der Waals surface area contributed by atoms with Crippen molar-refractivity contribution in [2.45, 2.75) is 58.8 Å². The molecule has 0 rings (SSSR count). The van der Waals surface area contributed by atoms with Crippen LogP contribution in [-0.2, 0) is 10.0 Å². The lowest BCUT2D eigenvalue weighted by molar-refractivity contribution is 0.566. The van der Waals surface area contributed by atoms with Crippen molar-refractivity contribution in [3.63, 3.8) is 0 Å². The fourth-order valence-corrected chi connectivity index (χ4v) is 2.61. The predicted molar refractivity (Wildman–Crippen MR) is 65.5 cm³/mol. The number of unbranched alkanes of at least 4 members (excludes halogenated alkanes) is 5. The molecule has 0 radical (unpaired) electrons. The van der Waals surface area contributed by atoms with Gasteiger partial charge in [-0.05, 0) is 12.8 Å². The van der Waals surface area contributed by atoms with E-state index in [0.717, 1.165) is 12.8 Å². The Morgan fingerprint density at radius 1 is 0.867 bits per heavy atom. The molecule has 3 nitrogen and oxygen atoms in total. The Balaban J connectivity index is 3.31. The van der Waals surface area contributed by atoms with Gasteiger partial charge in [-0.2, -0.15) is 0 Å². The van der Waals surface area contributed by atoms with Crippen LogP contribution >= 0.6 is 0 Å². The third-order valence-corrected chi connectivity index (χ3v) is 3.91. The van der Waals surface area contributed by atoms with Crippen molar-refractivity contribution in [1.82, 2.24) is 4.72 Å². The highest BCUT2D eigenvalue weighted by Crippen LogP contribution is 2.04. The molecular formula is C11H25NO2S. The van der Waals surface area contributed by atoms with Gasteiger partial charge in [-0.25, -0.2) is 13.1 Å². The minimum Gasteiger partial charge on any atom is -0.215 e. The SMILES string of the molecule is CCCCCCCCNS(=O)(=O)CCC. The highest BCUT2D eigenvalue weighted by atomic mass is 32.2. The fraction of sp³-hybridized carbons (Fsp3) is 1.00. The minimum absolute atomic E-state index is 0.253. The van der Waals surface area contributed by atoms with Crippen molar-refractivity contribution in [3.8, 4) is 0 Å². The van der Waals surface area contributed by atoms with Crippen LogP contribution in [0.4, 0.5) is 0 Å². The summed E-state index contributed by atoms with van der Waals surface area (Å²) in [5.74, 6) is 0.253. The second kappa shape index (κ2) is 9.16. The molecule has 0 aromatic carbocycles. The molecule has 0 aromatic heterocycles. The van der Waals surface area contributed by atoms with Crippen LogP contribution in [0.15, 0.2) is 0 Å². The van der Waals surface area contributed by atoms with E-state index in [1.807, 2.05) is 6.92 Å². The van der Waals surface area contributed by atoms with Gasteiger partial charge in [-0.1, -0.05) is 46.0 Å². The van der Waals surface area contributed by atoms with Gasteiger partial charge in [0.15, 0.2) is 0 Å². The Kier molecular flexibility index (Phi) is 9.10. The van der Waals surface area contributed by atoms with Gasteiger partial charge in [0.05, 0.1) is 5.75 Å². The van der Waals surface area contributed by atoms with E-state index in [1.165, 1.54) is 25.7 Å². The van der Waals surface area contributed by atoms with Crippen molar-refractivity contribution in [3.05, 3.63) is 0 Å². The quantitative estimate of drug-likeness (QED) is 0.592. The molecule has 0 aromatic rings. The molecule has 15 heavy (non-hydrogen) atoms. The highest BCUT2D eigenvalue weighted by molar-refractivity contribution is 7.89. The van der Waals surface area contributed by atoms with Gasteiger partial charge in [0, 0.05) is 6.54 Å². The Labute approximate surface area is 94.7 Å². The topological polar surface area (TPSA) is 46.2 Å². The summed E-state index contributed by atoms with van der Waals surface area (Å²) in [6.07, 6.45) is 7.83. The van der Waals surface area contributed by atoms with Crippen LogP contribution in [0.3, 0.4) is 0 Å². The van der Waals surface area contributed by atoms with E-state index in [1.54, 1.807) is 0 Å². The molecule has 0 unspecified atom stereocenters. The zero-order valence-corrected chi connectivity index (χ0v) is 10.9. The van der Waals surface area contributed by atoms with Gasteiger partial charge < -0.3 is 0 Å². The summed E-state index contributed by atoms with van der Waals surface area (Å²) >= 11 is 0. The molecule has 0 aliphatic rings. The third-order valence-electron chi connectivity index (χ3n) is 2.33. The molecule has 0 aliphatic heterocycles. The van der Waals surface area contributed by atoms with Gasteiger partial charge in [0.1, 0.15) is 0 Å². The Hall–Kier alpha value is -0.0900. The molecule has 0 amide bonds. The first-order valence-electron chi connectivity index (χ1n) is 6.09. The molecule has 92 valence electrons. The predicted octanol–water partition coefficient (Wildman–Crippen LogP) is 2.68. The molecule has 0 fully saturated rings. The average molecular weight is 235 g/mol. The van der Waals surface area contributed by atoms with Crippen LogP contribution in [0.5, 0.6) is 0 Å². The molecule has 0 spiro atoms. The molecule has 0 atom stereocenters. The molecule has 0 saturated heterocycles. The summed E-state index contributed by atoms with van der Waals surface area (Å²) in [6, 6.07) is 0.